The van der Waals surface area contributed by atoms with Gasteiger partial charge in [0.15, 0.2) is 15.5 Å². The van der Waals surface area contributed by atoms with Crippen LogP contribution in [0.4, 0.5) is 9.52 Å². The van der Waals surface area contributed by atoms with Gasteiger partial charge in [0.25, 0.3) is 5.56 Å². The van der Waals surface area contributed by atoms with Gasteiger partial charge >= 0.3 is 0 Å². The molecule has 33 heavy (non-hydrogen) atoms. The van der Waals surface area contributed by atoms with Crippen molar-refractivity contribution in [3.05, 3.63) is 75.3 Å². The fourth-order valence-corrected chi connectivity index (χ4v) is 5.11. The molecule has 0 spiro atoms. The molecule has 1 aliphatic heterocycles. The Morgan fingerprint density at radius 3 is 2.88 bits per heavy atom. The second kappa shape index (κ2) is 8.92. The second-order valence-electron chi connectivity index (χ2n) is 7.74. The number of hydrogen-bond acceptors (Lipinski definition) is 6. The number of nitrogens with zero attached hydrogens (tertiary/aromatic N) is 3. The number of rotatable bonds is 5. The molecule has 1 unspecified atom stereocenters. The topological polar surface area (TPSA) is 91.0 Å². The summed E-state index contributed by atoms with van der Waals surface area (Å²) in [6, 6.07) is 13.4. The van der Waals surface area contributed by atoms with Crippen LogP contribution < -0.4 is 15.8 Å². The Kier molecular flexibility index (Phi) is 5.82. The summed E-state index contributed by atoms with van der Waals surface area (Å²) in [7, 11) is 0. The normalized spacial score (nSPS) is 15.8. The maximum absolute atomic E-state index is 14.3. The highest BCUT2D eigenvalue weighted by Gasteiger charge is 2.33. The number of carbonyl (C=O) groups excluding carboxylic acids is 1. The minimum absolute atomic E-state index is 0.0841. The lowest BCUT2D eigenvalue weighted by atomic mass is 10.2. The summed E-state index contributed by atoms with van der Waals surface area (Å²) < 4.78 is 14.3. The number of fused-ring (bicyclic) bond motifs is 1. The first-order valence-electron chi connectivity index (χ1n) is 10.4. The first-order valence-corrected chi connectivity index (χ1v) is 11.6. The molecule has 7 nitrogen and oxygen atoms in total. The minimum atomic E-state index is -0.540. The molecule has 4 aromatic rings. The van der Waals surface area contributed by atoms with E-state index in [1.807, 2.05) is 35.2 Å². The number of amides is 1. The van der Waals surface area contributed by atoms with Gasteiger partial charge in [-0.25, -0.2) is 14.4 Å². The van der Waals surface area contributed by atoms with E-state index in [1.54, 1.807) is 0 Å². The average Bonchev–Trinajstić information content (AvgIpc) is 3.47. The minimum Gasteiger partial charge on any atom is -0.350 e. The molecule has 2 aromatic carbocycles. The molecule has 5 rings (SSSR count). The standard InChI is InChI=1S/C23H19ClFN5O2S/c24-14-8-9-16(25)15(11-14)19-28-21(32)18-22(29-19)33-23(27-18)30-10-4-7-17(30)20(31)26-12-13-5-2-1-3-6-13/h1-3,5-6,8-9,11,17H,4,7,10,12H2,(H,26,31)(H,28,29,32). The van der Waals surface area contributed by atoms with Crippen LogP contribution in [0.1, 0.15) is 18.4 Å². The van der Waals surface area contributed by atoms with E-state index in [2.05, 4.69) is 20.3 Å². The third kappa shape index (κ3) is 4.34. The Morgan fingerprint density at radius 2 is 2.06 bits per heavy atom. The van der Waals surface area contributed by atoms with Crippen LogP contribution in [-0.4, -0.2) is 33.4 Å². The molecule has 0 bridgehead atoms. The molecule has 0 saturated carbocycles. The number of aromatic amines is 1. The van der Waals surface area contributed by atoms with Crippen LogP contribution in [0.15, 0.2) is 53.3 Å². The van der Waals surface area contributed by atoms with Gasteiger partial charge in [0.05, 0.1) is 5.56 Å². The van der Waals surface area contributed by atoms with Crippen LogP contribution in [0.2, 0.25) is 5.02 Å². The molecule has 10 heteroatoms. The molecule has 0 aliphatic carbocycles. The zero-order valence-electron chi connectivity index (χ0n) is 17.3. The van der Waals surface area contributed by atoms with Crippen molar-refractivity contribution >= 4 is 44.3 Å². The Morgan fingerprint density at radius 1 is 1.24 bits per heavy atom. The number of carbonyl (C=O) groups is 1. The van der Waals surface area contributed by atoms with Crippen LogP contribution in [0.5, 0.6) is 0 Å². The number of thiazole rings is 1. The van der Waals surface area contributed by atoms with Gasteiger partial charge in [0, 0.05) is 18.1 Å². The maximum atomic E-state index is 14.3. The van der Waals surface area contributed by atoms with Crippen molar-refractivity contribution in [2.75, 3.05) is 11.4 Å². The molecule has 1 amide bonds. The molecule has 1 aliphatic rings. The fourth-order valence-electron chi connectivity index (χ4n) is 3.92. The second-order valence-corrected chi connectivity index (χ2v) is 9.14. The summed E-state index contributed by atoms with van der Waals surface area (Å²) in [6.45, 7) is 1.09. The monoisotopic (exact) mass is 483 g/mol. The number of hydrogen-bond donors (Lipinski definition) is 2. The summed E-state index contributed by atoms with van der Waals surface area (Å²) in [5.41, 5.74) is 0.820. The number of benzene rings is 2. The third-order valence-electron chi connectivity index (χ3n) is 5.55. The Bertz CT molecular complexity index is 1390. The van der Waals surface area contributed by atoms with Crippen molar-refractivity contribution in [3.8, 4) is 11.4 Å². The van der Waals surface area contributed by atoms with Crippen molar-refractivity contribution in [2.45, 2.75) is 25.4 Å². The van der Waals surface area contributed by atoms with E-state index in [1.165, 1.54) is 29.5 Å². The van der Waals surface area contributed by atoms with Crippen LogP contribution in [-0.2, 0) is 11.3 Å². The highest BCUT2D eigenvalue weighted by molar-refractivity contribution is 7.21. The first-order chi connectivity index (χ1) is 16.0. The van der Waals surface area contributed by atoms with Gasteiger partial charge < -0.3 is 15.2 Å². The molecular formula is C23H19ClFN5O2S. The van der Waals surface area contributed by atoms with Crippen molar-refractivity contribution in [1.82, 2.24) is 20.3 Å². The number of aromatic nitrogens is 3. The smallest absolute Gasteiger partial charge is 0.278 e. The first kappa shape index (κ1) is 21.5. The van der Waals surface area contributed by atoms with Crippen molar-refractivity contribution in [3.63, 3.8) is 0 Å². The summed E-state index contributed by atoms with van der Waals surface area (Å²) >= 11 is 7.20. The zero-order chi connectivity index (χ0) is 22.9. The van der Waals surface area contributed by atoms with Gasteiger partial charge in [-0.2, -0.15) is 0 Å². The molecule has 1 saturated heterocycles. The number of nitrogens with one attached hydrogen (secondary N) is 2. The quantitative estimate of drug-likeness (QED) is 0.445. The van der Waals surface area contributed by atoms with Crippen LogP contribution in [0, 0.1) is 5.82 Å². The Labute approximate surface area is 197 Å². The summed E-state index contributed by atoms with van der Waals surface area (Å²) in [5.74, 6) is -0.540. The highest BCUT2D eigenvalue weighted by Crippen LogP contribution is 2.32. The molecular weight excluding hydrogens is 465 g/mol. The zero-order valence-corrected chi connectivity index (χ0v) is 18.9. The highest BCUT2D eigenvalue weighted by atomic mass is 35.5. The SMILES string of the molecule is O=C(NCc1ccccc1)C1CCCN1c1nc2c(=O)[nH]c(-c3cc(Cl)ccc3F)nc2s1. The molecule has 2 aromatic heterocycles. The molecule has 0 radical (unpaired) electrons. The maximum Gasteiger partial charge on any atom is 0.278 e. The van der Waals surface area contributed by atoms with Gasteiger partial charge in [-0.1, -0.05) is 53.3 Å². The number of H-pyrrole nitrogens is 1. The number of anilines is 1. The molecule has 1 fully saturated rings. The van der Waals surface area contributed by atoms with E-state index in [0.717, 1.165) is 12.0 Å². The van der Waals surface area contributed by atoms with E-state index >= 15 is 0 Å². The van der Waals surface area contributed by atoms with Crippen LogP contribution in [0.25, 0.3) is 21.7 Å². The van der Waals surface area contributed by atoms with Gasteiger partial charge in [-0.3, -0.25) is 9.59 Å². The van der Waals surface area contributed by atoms with Crippen molar-refractivity contribution in [2.24, 2.45) is 0 Å². The van der Waals surface area contributed by atoms with Crippen molar-refractivity contribution < 1.29 is 9.18 Å². The van der Waals surface area contributed by atoms with E-state index < -0.39 is 11.4 Å². The van der Waals surface area contributed by atoms with Crippen molar-refractivity contribution in [1.29, 1.82) is 0 Å². The third-order valence-corrected chi connectivity index (χ3v) is 6.77. The molecule has 168 valence electrons. The van der Waals surface area contributed by atoms with E-state index in [0.29, 0.717) is 34.5 Å². The van der Waals surface area contributed by atoms with Gasteiger partial charge in [0.2, 0.25) is 5.91 Å². The van der Waals surface area contributed by atoms with Gasteiger partial charge in [-0.15, -0.1) is 0 Å². The van der Waals surface area contributed by atoms with Crippen LogP contribution in [0.3, 0.4) is 0 Å². The lowest BCUT2D eigenvalue weighted by Gasteiger charge is -2.23. The predicted molar refractivity (Wildman–Crippen MR) is 127 cm³/mol. The van der Waals surface area contributed by atoms with Crippen LogP contribution >= 0.6 is 22.9 Å². The van der Waals surface area contributed by atoms with Gasteiger partial charge in [-0.05, 0) is 36.6 Å². The summed E-state index contributed by atoms with van der Waals surface area (Å²) in [6.07, 6.45) is 1.53. The predicted octanol–water partition coefficient (Wildman–Crippen LogP) is 4.12. The van der Waals surface area contributed by atoms with E-state index in [9.17, 15) is 14.0 Å². The summed E-state index contributed by atoms with van der Waals surface area (Å²) in [5, 5.41) is 3.87. The molecule has 1 atom stereocenters. The fraction of sp³-hybridized carbons (Fsp3) is 0.217. The van der Waals surface area contributed by atoms with E-state index in [4.69, 9.17) is 11.6 Å². The number of halogens is 2. The molecule has 2 N–H and O–H groups in total. The Hall–Kier alpha value is -3.30. The summed E-state index contributed by atoms with van der Waals surface area (Å²) in [4.78, 5) is 39.3. The van der Waals surface area contributed by atoms with E-state index in [-0.39, 0.29) is 28.9 Å². The largest absolute Gasteiger partial charge is 0.350 e. The Balaban J connectivity index is 1.42. The average molecular weight is 484 g/mol. The molecule has 3 heterocycles. The van der Waals surface area contributed by atoms with Gasteiger partial charge in [0.1, 0.15) is 17.7 Å². The lowest BCUT2D eigenvalue weighted by Crippen LogP contribution is -2.43. The lowest BCUT2D eigenvalue weighted by molar-refractivity contribution is -0.122.